The van der Waals surface area contributed by atoms with Crippen LogP contribution in [0.2, 0.25) is 0 Å². The van der Waals surface area contributed by atoms with Crippen LogP contribution in [0.3, 0.4) is 0 Å². The van der Waals surface area contributed by atoms with Crippen LogP contribution in [0.25, 0.3) is 6.08 Å². The molecule has 0 fully saturated rings. The Bertz CT molecular complexity index is 1010. The number of anilines is 1. The van der Waals surface area contributed by atoms with Crippen LogP contribution < -0.4 is 20.7 Å². The first kappa shape index (κ1) is 24.3. The number of nitrogens with one attached hydrogen (secondary N) is 3. The lowest BCUT2D eigenvalue weighted by molar-refractivity contribution is 0.0953. The van der Waals surface area contributed by atoms with E-state index in [1.165, 1.54) is 0 Å². The highest BCUT2D eigenvalue weighted by Gasteiger charge is 2.10. The Morgan fingerprint density at radius 3 is 2.70 bits per heavy atom. The lowest BCUT2D eigenvalue weighted by atomic mass is 9.97. The van der Waals surface area contributed by atoms with Gasteiger partial charge in [-0.25, -0.2) is 0 Å². The van der Waals surface area contributed by atoms with Crippen molar-refractivity contribution in [2.45, 2.75) is 26.7 Å². The first-order chi connectivity index (χ1) is 16.1. The van der Waals surface area contributed by atoms with Gasteiger partial charge in [0.25, 0.3) is 5.91 Å². The Morgan fingerprint density at radius 1 is 1.15 bits per heavy atom. The van der Waals surface area contributed by atoms with E-state index in [0.717, 1.165) is 54.2 Å². The van der Waals surface area contributed by atoms with Crippen molar-refractivity contribution in [3.05, 3.63) is 89.2 Å². The predicted octanol–water partition coefficient (Wildman–Crippen LogP) is 5.32. The number of hydrogen-bond donors (Lipinski definition) is 3. The summed E-state index contributed by atoms with van der Waals surface area (Å²) in [6, 6.07) is 13.9. The van der Waals surface area contributed by atoms with Crippen LogP contribution in [-0.4, -0.2) is 32.7 Å². The third kappa shape index (κ3) is 7.65. The van der Waals surface area contributed by atoms with Gasteiger partial charge in [-0.3, -0.25) is 4.79 Å². The minimum Gasteiger partial charge on any atom is -0.497 e. The van der Waals surface area contributed by atoms with Crippen LogP contribution in [-0.2, 0) is 0 Å². The molecule has 3 N–H and O–H groups in total. The summed E-state index contributed by atoms with van der Waals surface area (Å²) in [5.41, 5.74) is 4.96. The van der Waals surface area contributed by atoms with E-state index in [-0.39, 0.29) is 5.91 Å². The maximum absolute atomic E-state index is 12.4. The monoisotopic (exact) mass is 445 g/mol. The molecule has 0 aliphatic heterocycles. The van der Waals surface area contributed by atoms with E-state index in [1.807, 2.05) is 37.3 Å². The van der Waals surface area contributed by atoms with Gasteiger partial charge in [-0.05, 0) is 80.4 Å². The average Bonchev–Trinajstić information content (AvgIpc) is 2.84. The second kappa shape index (κ2) is 12.7. The van der Waals surface area contributed by atoms with E-state index in [9.17, 15) is 4.79 Å². The first-order valence-corrected chi connectivity index (χ1v) is 11.7. The molecule has 0 spiro atoms. The van der Waals surface area contributed by atoms with Crippen LogP contribution >= 0.6 is 0 Å². The highest BCUT2D eigenvalue weighted by molar-refractivity contribution is 5.94. The Morgan fingerprint density at radius 2 is 1.97 bits per heavy atom. The zero-order valence-corrected chi connectivity index (χ0v) is 19.9. The summed E-state index contributed by atoms with van der Waals surface area (Å²) >= 11 is 0. The molecule has 1 atom stereocenters. The van der Waals surface area contributed by atoms with E-state index in [4.69, 9.17) is 4.74 Å². The molecule has 0 bridgehead atoms. The van der Waals surface area contributed by atoms with Gasteiger partial charge < -0.3 is 20.7 Å². The van der Waals surface area contributed by atoms with E-state index >= 15 is 0 Å². The summed E-state index contributed by atoms with van der Waals surface area (Å²) in [6.45, 7) is 6.65. The quantitative estimate of drug-likeness (QED) is 0.410. The van der Waals surface area contributed by atoms with Gasteiger partial charge in [-0.2, -0.15) is 0 Å². The van der Waals surface area contributed by atoms with Crippen LogP contribution in [0, 0.1) is 12.8 Å². The average molecular weight is 446 g/mol. The van der Waals surface area contributed by atoms with Crippen molar-refractivity contribution in [3.8, 4) is 5.75 Å². The lowest BCUT2D eigenvalue weighted by Gasteiger charge is -2.17. The third-order valence-corrected chi connectivity index (χ3v) is 5.58. The molecule has 3 rings (SSSR count). The summed E-state index contributed by atoms with van der Waals surface area (Å²) in [4.78, 5) is 12.4. The molecule has 0 heterocycles. The number of hydrogen-bond acceptors (Lipinski definition) is 4. The molecular formula is C28H35N3O2. The lowest BCUT2D eigenvalue weighted by Crippen LogP contribution is -2.27. The predicted molar refractivity (Wildman–Crippen MR) is 138 cm³/mol. The highest BCUT2D eigenvalue weighted by atomic mass is 16.5. The second-order valence-electron chi connectivity index (χ2n) is 8.17. The molecule has 1 amide bonds. The summed E-state index contributed by atoms with van der Waals surface area (Å²) in [7, 11) is 1.68. The molecule has 174 valence electrons. The standard InChI is InChI=1S/C28H35N3O2/c1-4-29-17-6-18-30-28(32)24-13-16-27(21(2)19-24)31-25-8-5-7-23(20-25)10-9-22-11-14-26(33-3)15-12-22/h5,8-16,19-20,23,29,31H,4,6-7,17-18H2,1-3H3,(H,30,32)/b10-9+. The number of benzene rings is 2. The maximum atomic E-state index is 12.4. The number of aryl methyl sites for hydroxylation is 1. The summed E-state index contributed by atoms with van der Waals surface area (Å²) < 4.78 is 5.22. The van der Waals surface area contributed by atoms with Crippen molar-refractivity contribution in [2.24, 2.45) is 5.92 Å². The Hall–Kier alpha value is -3.31. The molecule has 0 saturated heterocycles. The Labute approximate surface area is 197 Å². The van der Waals surface area contributed by atoms with Gasteiger partial charge in [-0.1, -0.05) is 43.4 Å². The van der Waals surface area contributed by atoms with Crippen molar-refractivity contribution < 1.29 is 9.53 Å². The summed E-state index contributed by atoms with van der Waals surface area (Å²) in [5, 5.41) is 9.76. The molecule has 1 aliphatic rings. The SMILES string of the molecule is CCNCCCNC(=O)c1ccc(NC2=CC(/C=C/c3ccc(OC)cc3)CC=C2)c(C)c1. The topological polar surface area (TPSA) is 62.4 Å². The van der Waals surface area contributed by atoms with Crippen LogP contribution in [0.1, 0.15) is 41.3 Å². The van der Waals surface area contributed by atoms with Crippen molar-refractivity contribution in [1.82, 2.24) is 10.6 Å². The molecule has 5 nitrogen and oxygen atoms in total. The van der Waals surface area contributed by atoms with Crippen molar-refractivity contribution >= 4 is 17.7 Å². The van der Waals surface area contributed by atoms with Crippen molar-refractivity contribution in [1.29, 1.82) is 0 Å². The molecule has 1 aliphatic carbocycles. The molecule has 1 unspecified atom stereocenters. The number of carbonyl (C=O) groups is 1. The summed E-state index contributed by atoms with van der Waals surface area (Å²) in [5.74, 6) is 1.16. The second-order valence-corrected chi connectivity index (χ2v) is 8.17. The van der Waals surface area contributed by atoms with E-state index in [1.54, 1.807) is 7.11 Å². The highest BCUT2D eigenvalue weighted by Crippen LogP contribution is 2.24. The number of amides is 1. The minimum absolute atomic E-state index is 0.0262. The molecule has 0 saturated carbocycles. The molecule has 0 radical (unpaired) electrons. The van der Waals surface area contributed by atoms with Gasteiger partial charge in [0.15, 0.2) is 0 Å². The molecule has 5 heteroatoms. The van der Waals surface area contributed by atoms with E-state index < -0.39 is 0 Å². The molecule has 33 heavy (non-hydrogen) atoms. The number of allylic oxidation sites excluding steroid dienone is 4. The zero-order chi connectivity index (χ0) is 23.5. The minimum atomic E-state index is -0.0262. The maximum Gasteiger partial charge on any atom is 0.251 e. The number of methoxy groups -OCH3 is 1. The van der Waals surface area contributed by atoms with Crippen LogP contribution in [0.4, 0.5) is 5.69 Å². The molecule has 2 aromatic rings. The summed E-state index contributed by atoms with van der Waals surface area (Å²) in [6.07, 6.45) is 12.8. The third-order valence-electron chi connectivity index (χ3n) is 5.58. The Kier molecular flexibility index (Phi) is 9.33. The number of rotatable bonds is 11. The normalized spacial score (nSPS) is 15.4. The van der Waals surface area contributed by atoms with Gasteiger partial charge in [-0.15, -0.1) is 0 Å². The van der Waals surface area contributed by atoms with Gasteiger partial charge in [0, 0.05) is 29.4 Å². The fraction of sp³-hybridized carbons (Fsp3) is 0.321. The van der Waals surface area contributed by atoms with E-state index in [0.29, 0.717) is 18.0 Å². The van der Waals surface area contributed by atoms with Crippen molar-refractivity contribution in [3.63, 3.8) is 0 Å². The van der Waals surface area contributed by atoms with E-state index in [2.05, 4.69) is 65.4 Å². The Balaban J connectivity index is 1.57. The largest absolute Gasteiger partial charge is 0.497 e. The van der Waals surface area contributed by atoms with Gasteiger partial charge in [0.2, 0.25) is 0 Å². The number of ether oxygens (including phenoxy) is 1. The first-order valence-electron chi connectivity index (χ1n) is 11.7. The fourth-order valence-corrected chi connectivity index (χ4v) is 3.67. The van der Waals surface area contributed by atoms with Gasteiger partial charge in [0.1, 0.15) is 5.75 Å². The smallest absolute Gasteiger partial charge is 0.251 e. The number of carbonyl (C=O) groups excluding carboxylic acids is 1. The van der Waals surface area contributed by atoms with Gasteiger partial charge in [0.05, 0.1) is 7.11 Å². The molecular weight excluding hydrogens is 410 g/mol. The molecule has 0 aromatic heterocycles. The van der Waals surface area contributed by atoms with Crippen molar-refractivity contribution in [2.75, 3.05) is 32.1 Å². The molecule has 2 aromatic carbocycles. The fourth-order valence-electron chi connectivity index (χ4n) is 3.67. The van der Waals surface area contributed by atoms with Gasteiger partial charge >= 0.3 is 0 Å². The van der Waals surface area contributed by atoms with Crippen LogP contribution in [0.5, 0.6) is 5.75 Å². The van der Waals surface area contributed by atoms with Crippen LogP contribution in [0.15, 0.2) is 72.5 Å². The zero-order valence-electron chi connectivity index (χ0n) is 19.9.